The van der Waals surface area contributed by atoms with Crippen LogP contribution >= 0.6 is 11.3 Å². The van der Waals surface area contributed by atoms with Crippen LogP contribution in [0.25, 0.3) is 4.96 Å². The van der Waals surface area contributed by atoms with Gasteiger partial charge >= 0.3 is 0 Å². The van der Waals surface area contributed by atoms with Crippen LogP contribution in [-0.4, -0.2) is 51.6 Å². The number of anilines is 1. The van der Waals surface area contributed by atoms with Crippen LogP contribution < -0.4 is 4.90 Å². The van der Waals surface area contributed by atoms with Crippen LogP contribution in [-0.2, 0) is 4.79 Å². The summed E-state index contributed by atoms with van der Waals surface area (Å²) in [4.78, 5) is 22.4. The van der Waals surface area contributed by atoms with E-state index in [1.807, 2.05) is 17.6 Å². The Morgan fingerprint density at radius 1 is 1.17 bits per heavy atom. The lowest BCUT2D eigenvalue weighted by molar-refractivity contribution is -0.136. The van der Waals surface area contributed by atoms with Crippen molar-refractivity contribution in [2.45, 2.75) is 39.0 Å². The summed E-state index contributed by atoms with van der Waals surface area (Å²) in [5, 5.41) is 5.62. The smallest absolute Gasteiger partial charge is 0.225 e. The van der Waals surface area contributed by atoms with Crippen molar-refractivity contribution in [1.82, 2.24) is 19.5 Å². The van der Waals surface area contributed by atoms with E-state index in [-0.39, 0.29) is 5.92 Å². The largest absolute Gasteiger partial charge is 0.343 e. The average Bonchev–Trinajstić information content (AvgIpc) is 3.12. The first-order valence-corrected chi connectivity index (χ1v) is 9.39. The third-order valence-corrected chi connectivity index (χ3v) is 5.95. The summed E-state index contributed by atoms with van der Waals surface area (Å²) in [7, 11) is 0. The first-order chi connectivity index (χ1) is 11.2. The minimum absolute atomic E-state index is 0.279. The fourth-order valence-electron chi connectivity index (χ4n) is 3.65. The van der Waals surface area contributed by atoms with E-state index in [1.165, 1.54) is 19.3 Å². The maximum absolute atomic E-state index is 12.6. The van der Waals surface area contributed by atoms with Gasteiger partial charge in [-0.1, -0.05) is 30.6 Å². The summed E-state index contributed by atoms with van der Waals surface area (Å²) < 4.78 is 1.86. The molecule has 7 heteroatoms. The number of aromatic nitrogens is 3. The van der Waals surface area contributed by atoms with E-state index in [1.54, 1.807) is 11.3 Å². The number of piperazine rings is 1. The molecule has 2 aromatic heterocycles. The molecule has 2 fully saturated rings. The quantitative estimate of drug-likeness (QED) is 0.846. The molecule has 3 heterocycles. The van der Waals surface area contributed by atoms with Crippen molar-refractivity contribution in [3.05, 3.63) is 11.9 Å². The van der Waals surface area contributed by atoms with E-state index in [2.05, 4.69) is 19.9 Å². The van der Waals surface area contributed by atoms with Gasteiger partial charge in [0.1, 0.15) is 0 Å². The number of aryl methyl sites for hydroxylation is 1. The van der Waals surface area contributed by atoms with Crippen LogP contribution in [0.15, 0.2) is 6.20 Å². The summed E-state index contributed by atoms with van der Waals surface area (Å²) in [5.41, 5.74) is 0.998. The number of carbonyl (C=O) groups excluding carboxylic acids is 1. The molecule has 0 N–H and O–H groups in total. The highest BCUT2D eigenvalue weighted by Crippen LogP contribution is 2.27. The SMILES string of the molecule is Cc1cn2nc(N3CCN(C(=O)C4CCCCC4)CC3)sc2n1. The highest BCUT2D eigenvalue weighted by Gasteiger charge is 2.29. The van der Waals surface area contributed by atoms with Gasteiger partial charge in [-0.2, -0.15) is 0 Å². The normalized spacial score (nSPS) is 20.4. The Labute approximate surface area is 140 Å². The van der Waals surface area contributed by atoms with Gasteiger partial charge < -0.3 is 9.80 Å². The van der Waals surface area contributed by atoms with Crippen molar-refractivity contribution in [3.8, 4) is 0 Å². The molecule has 1 saturated carbocycles. The first kappa shape index (κ1) is 14.9. The summed E-state index contributed by atoms with van der Waals surface area (Å²) in [5.74, 6) is 0.662. The Hall–Kier alpha value is -1.63. The standard InChI is InChI=1S/C16H23N5OS/c1-12-11-21-15(17-12)23-16(18-21)20-9-7-19(8-10-20)14(22)13-5-3-2-4-6-13/h11,13H,2-10H2,1H3. The summed E-state index contributed by atoms with van der Waals surface area (Å²) in [6, 6.07) is 0. The summed E-state index contributed by atoms with van der Waals surface area (Å²) in [6.07, 6.45) is 7.86. The molecule has 1 saturated heterocycles. The number of hydrogen-bond acceptors (Lipinski definition) is 5. The fraction of sp³-hybridized carbons (Fsp3) is 0.688. The monoisotopic (exact) mass is 333 g/mol. The molecule has 2 aliphatic rings. The third-order valence-electron chi connectivity index (χ3n) is 4.97. The van der Waals surface area contributed by atoms with E-state index >= 15 is 0 Å². The predicted molar refractivity (Wildman–Crippen MR) is 91.0 cm³/mol. The Morgan fingerprint density at radius 2 is 1.91 bits per heavy atom. The van der Waals surface area contributed by atoms with Crippen LogP contribution in [0.4, 0.5) is 5.13 Å². The molecular weight excluding hydrogens is 310 g/mol. The van der Waals surface area contributed by atoms with Crippen molar-refractivity contribution in [3.63, 3.8) is 0 Å². The zero-order chi connectivity index (χ0) is 15.8. The molecule has 0 bridgehead atoms. The maximum Gasteiger partial charge on any atom is 0.225 e. The van der Waals surface area contributed by atoms with E-state index in [4.69, 9.17) is 0 Å². The second-order valence-corrected chi connectivity index (χ2v) is 7.58. The highest BCUT2D eigenvalue weighted by molar-refractivity contribution is 7.20. The van der Waals surface area contributed by atoms with Crippen molar-refractivity contribution >= 4 is 27.3 Å². The molecule has 4 rings (SSSR count). The number of fused-ring (bicyclic) bond motifs is 1. The molecule has 124 valence electrons. The molecule has 6 nitrogen and oxygen atoms in total. The predicted octanol–water partition coefficient (Wildman–Crippen LogP) is 2.33. The number of carbonyl (C=O) groups is 1. The minimum Gasteiger partial charge on any atom is -0.343 e. The average molecular weight is 333 g/mol. The molecule has 1 aliphatic heterocycles. The number of imidazole rings is 1. The number of amides is 1. The first-order valence-electron chi connectivity index (χ1n) is 8.57. The van der Waals surface area contributed by atoms with Crippen molar-refractivity contribution in [2.24, 2.45) is 5.92 Å². The second kappa shape index (κ2) is 6.11. The van der Waals surface area contributed by atoms with Crippen molar-refractivity contribution < 1.29 is 4.79 Å². The van der Waals surface area contributed by atoms with Gasteiger partial charge in [-0.15, -0.1) is 5.10 Å². The second-order valence-electron chi connectivity index (χ2n) is 6.64. The van der Waals surface area contributed by atoms with Crippen LogP contribution in [0, 0.1) is 12.8 Å². The minimum atomic E-state index is 0.279. The molecule has 0 unspecified atom stereocenters. The fourth-order valence-corrected chi connectivity index (χ4v) is 4.63. The van der Waals surface area contributed by atoms with Gasteiger partial charge in [0.15, 0.2) is 0 Å². The van der Waals surface area contributed by atoms with Gasteiger partial charge in [0, 0.05) is 32.1 Å². The van der Waals surface area contributed by atoms with Crippen LogP contribution in [0.3, 0.4) is 0 Å². The van der Waals surface area contributed by atoms with Crippen molar-refractivity contribution in [1.29, 1.82) is 0 Å². The molecule has 0 radical (unpaired) electrons. The maximum atomic E-state index is 12.6. The molecule has 23 heavy (non-hydrogen) atoms. The highest BCUT2D eigenvalue weighted by atomic mass is 32.1. The number of rotatable bonds is 2. The molecule has 1 aliphatic carbocycles. The van der Waals surface area contributed by atoms with E-state index in [0.717, 1.165) is 54.8 Å². The Morgan fingerprint density at radius 3 is 2.61 bits per heavy atom. The molecule has 0 atom stereocenters. The summed E-state index contributed by atoms with van der Waals surface area (Å²) >= 11 is 1.63. The lowest BCUT2D eigenvalue weighted by Crippen LogP contribution is -2.50. The molecule has 0 aromatic carbocycles. The topological polar surface area (TPSA) is 53.7 Å². The van der Waals surface area contributed by atoms with Gasteiger partial charge in [0.25, 0.3) is 0 Å². The zero-order valence-corrected chi connectivity index (χ0v) is 14.4. The lowest BCUT2D eigenvalue weighted by Gasteiger charge is -2.36. The third kappa shape index (κ3) is 2.94. The van der Waals surface area contributed by atoms with Crippen LogP contribution in [0.1, 0.15) is 37.8 Å². The Bertz CT molecular complexity index is 663. The lowest BCUT2D eigenvalue weighted by atomic mass is 9.88. The number of hydrogen-bond donors (Lipinski definition) is 0. The summed E-state index contributed by atoms with van der Waals surface area (Å²) in [6.45, 7) is 5.35. The van der Waals surface area contributed by atoms with Gasteiger partial charge in [0.05, 0.1) is 11.9 Å². The van der Waals surface area contributed by atoms with E-state index < -0.39 is 0 Å². The molecule has 1 amide bonds. The van der Waals surface area contributed by atoms with Crippen LogP contribution in [0.2, 0.25) is 0 Å². The van der Waals surface area contributed by atoms with Gasteiger partial charge in [-0.25, -0.2) is 9.50 Å². The Balaban J connectivity index is 1.38. The molecule has 0 spiro atoms. The van der Waals surface area contributed by atoms with Gasteiger partial charge in [0.2, 0.25) is 16.0 Å². The Kier molecular flexibility index (Phi) is 3.97. The molecule has 2 aromatic rings. The zero-order valence-electron chi connectivity index (χ0n) is 13.6. The molecular formula is C16H23N5OS. The number of nitrogens with zero attached hydrogens (tertiary/aromatic N) is 5. The van der Waals surface area contributed by atoms with E-state index in [9.17, 15) is 4.79 Å². The van der Waals surface area contributed by atoms with Gasteiger partial charge in [-0.3, -0.25) is 4.79 Å². The van der Waals surface area contributed by atoms with Crippen LogP contribution in [0.5, 0.6) is 0 Å². The van der Waals surface area contributed by atoms with E-state index in [0.29, 0.717) is 5.91 Å². The van der Waals surface area contributed by atoms with Crippen molar-refractivity contribution in [2.75, 3.05) is 31.1 Å². The van der Waals surface area contributed by atoms with Gasteiger partial charge in [-0.05, 0) is 19.8 Å².